The Bertz CT molecular complexity index is 319. The van der Waals surface area contributed by atoms with Crippen LogP contribution in [0, 0.1) is 0 Å². The number of likely N-dealkylation sites (tertiary alicyclic amines) is 1. The molecule has 0 aromatic rings. The summed E-state index contributed by atoms with van der Waals surface area (Å²) in [7, 11) is 0. The van der Waals surface area contributed by atoms with Gasteiger partial charge < -0.3 is 19.6 Å². The fourth-order valence-electron chi connectivity index (χ4n) is 1.79. The summed E-state index contributed by atoms with van der Waals surface area (Å²) in [5, 5.41) is 8.78. The molecule has 2 amide bonds. The van der Waals surface area contributed by atoms with E-state index < -0.39 is 11.7 Å². The molecule has 1 rings (SSSR count). The van der Waals surface area contributed by atoms with Crippen LogP contribution in [0.1, 0.15) is 34.1 Å². The van der Waals surface area contributed by atoms with Crippen molar-refractivity contribution in [3.8, 4) is 0 Å². The summed E-state index contributed by atoms with van der Waals surface area (Å²) < 4.78 is 5.33. The zero-order valence-electron chi connectivity index (χ0n) is 11.5. The van der Waals surface area contributed by atoms with Crippen LogP contribution < -0.4 is 0 Å². The van der Waals surface area contributed by atoms with Crippen LogP contribution in [-0.4, -0.2) is 58.4 Å². The van der Waals surface area contributed by atoms with Crippen molar-refractivity contribution in [3.63, 3.8) is 0 Å². The van der Waals surface area contributed by atoms with Gasteiger partial charge in [-0.25, -0.2) is 9.59 Å². The van der Waals surface area contributed by atoms with Crippen molar-refractivity contribution in [2.45, 2.75) is 45.8 Å². The molecule has 0 saturated carbocycles. The van der Waals surface area contributed by atoms with Gasteiger partial charge in [0.05, 0.1) is 6.04 Å². The van der Waals surface area contributed by atoms with Crippen LogP contribution in [0.2, 0.25) is 0 Å². The second-order valence-electron chi connectivity index (χ2n) is 5.52. The number of rotatable bonds is 3. The molecule has 1 fully saturated rings. The topological polar surface area (TPSA) is 70.1 Å². The normalized spacial score (nSPS) is 16.1. The average molecular weight is 258 g/mol. The number of carbonyl (C=O) groups is 2. The zero-order chi connectivity index (χ0) is 13.9. The Morgan fingerprint density at radius 1 is 1.39 bits per heavy atom. The van der Waals surface area contributed by atoms with E-state index in [2.05, 4.69) is 0 Å². The van der Waals surface area contributed by atoms with Crippen LogP contribution in [0.3, 0.4) is 0 Å². The lowest BCUT2D eigenvalue weighted by atomic mass is 10.1. The maximum absolute atomic E-state index is 12.0. The highest BCUT2D eigenvalue weighted by Crippen LogP contribution is 2.19. The van der Waals surface area contributed by atoms with Gasteiger partial charge >= 0.3 is 12.2 Å². The fourth-order valence-corrected chi connectivity index (χ4v) is 1.79. The van der Waals surface area contributed by atoms with Crippen LogP contribution in [0.5, 0.6) is 0 Å². The smallest absolute Gasteiger partial charge is 0.410 e. The van der Waals surface area contributed by atoms with Gasteiger partial charge in [-0.3, -0.25) is 0 Å². The number of hydrogen-bond acceptors (Lipinski definition) is 3. The van der Waals surface area contributed by atoms with Crippen molar-refractivity contribution in [2.75, 3.05) is 19.6 Å². The Morgan fingerprint density at radius 3 is 2.33 bits per heavy atom. The molecule has 1 aliphatic heterocycles. The number of ether oxygens (including phenoxy) is 1. The van der Waals surface area contributed by atoms with E-state index in [1.54, 1.807) is 4.90 Å². The molecule has 0 atom stereocenters. The van der Waals surface area contributed by atoms with Gasteiger partial charge in [0.15, 0.2) is 0 Å². The van der Waals surface area contributed by atoms with E-state index in [-0.39, 0.29) is 12.1 Å². The highest BCUT2D eigenvalue weighted by atomic mass is 16.6. The van der Waals surface area contributed by atoms with Gasteiger partial charge in [-0.15, -0.1) is 0 Å². The molecule has 0 unspecified atom stereocenters. The molecular formula is C12H22N2O4. The van der Waals surface area contributed by atoms with Gasteiger partial charge in [-0.1, -0.05) is 6.92 Å². The predicted octanol–water partition coefficient (Wildman–Crippen LogP) is 2.00. The van der Waals surface area contributed by atoms with E-state index in [1.807, 2.05) is 27.7 Å². The van der Waals surface area contributed by atoms with Crippen LogP contribution >= 0.6 is 0 Å². The third-order valence-corrected chi connectivity index (χ3v) is 2.67. The van der Waals surface area contributed by atoms with E-state index in [4.69, 9.17) is 9.84 Å². The monoisotopic (exact) mass is 258 g/mol. The molecule has 0 bridgehead atoms. The third kappa shape index (κ3) is 3.78. The summed E-state index contributed by atoms with van der Waals surface area (Å²) in [4.78, 5) is 25.6. The number of carboxylic acid groups (broad SMARTS) is 1. The van der Waals surface area contributed by atoms with Crippen molar-refractivity contribution in [1.82, 2.24) is 9.80 Å². The first-order valence-electron chi connectivity index (χ1n) is 6.22. The Morgan fingerprint density at radius 2 is 1.94 bits per heavy atom. The van der Waals surface area contributed by atoms with E-state index in [0.717, 1.165) is 6.42 Å². The largest absolute Gasteiger partial charge is 0.465 e. The molecule has 0 aromatic heterocycles. The Balaban J connectivity index is 2.56. The van der Waals surface area contributed by atoms with Gasteiger partial charge in [0.25, 0.3) is 0 Å². The number of nitrogens with zero attached hydrogens (tertiary/aromatic N) is 2. The first-order chi connectivity index (χ1) is 8.24. The summed E-state index contributed by atoms with van der Waals surface area (Å²) in [5.41, 5.74) is -0.528. The maximum Gasteiger partial charge on any atom is 0.410 e. The summed E-state index contributed by atoms with van der Waals surface area (Å²) in [5.74, 6) is 0. The molecule has 1 saturated heterocycles. The molecule has 6 heteroatoms. The lowest BCUT2D eigenvalue weighted by Crippen LogP contribution is -2.62. The van der Waals surface area contributed by atoms with Gasteiger partial charge in [-0.05, 0) is 27.2 Å². The molecule has 18 heavy (non-hydrogen) atoms. The van der Waals surface area contributed by atoms with E-state index >= 15 is 0 Å². The SMILES string of the molecule is CCCN(C(=O)OC(C)(C)C)C1CN(C(=O)O)C1. The van der Waals surface area contributed by atoms with Crippen molar-refractivity contribution in [2.24, 2.45) is 0 Å². The second kappa shape index (κ2) is 5.46. The fraction of sp³-hybridized carbons (Fsp3) is 0.833. The summed E-state index contributed by atoms with van der Waals surface area (Å²) >= 11 is 0. The number of carbonyl (C=O) groups excluding carboxylic acids is 1. The van der Waals surface area contributed by atoms with Crippen molar-refractivity contribution >= 4 is 12.2 Å². The second-order valence-corrected chi connectivity index (χ2v) is 5.52. The minimum absolute atomic E-state index is 0.0594. The molecule has 0 radical (unpaired) electrons. The minimum Gasteiger partial charge on any atom is -0.465 e. The number of hydrogen-bond donors (Lipinski definition) is 1. The van der Waals surface area contributed by atoms with Gasteiger partial charge in [0.1, 0.15) is 5.60 Å². The van der Waals surface area contributed by atoms with Gasteiger partial charge in [-0.2, -0.15) is 0 Å². The third-order valence-electron chi connectivity index (χ3n) is 2.67. The van der Waals surface area contributed by atoms with E-state index in [9.17, 15) is 9.59 Å². The Labute approximate surface area is 107 Å². The molecule has 0 spiro atoms. The molecule has 0 aliphatic carbocycles. The highest BCUT2D eigenvalue weighted by Gasteiger charge is 2.38. The average Bonchev–Trinajstić information content (AvgIpc) is 2.10. The standard InChI is InChI=1S/C12H22N2O4/c1-5-6-14(11(17)18-12(2,3)4)9-7-13(8-9)10(15)16/h9H,5-8H2,1-4H3,(H,15,16). The predicted molar refractivity (Wildman–Crippen MR) is 66.6 cm³/mol. The minimum atomic E-state index is -0.938. The lowest BCUT2D eigenvalue weighted by Gasteiger charge is -2.43. The highest BCUT2D eigenvalue weighted by molar-refractivity contribution is 5.70. The van der Waals surface area contributed by atoms with Crippen LogP contribution in [0.25, 0.3) is 0 Å². The molecule has 1 heterocycles. The zero-order valence-corrected chi connectivity index (χ0v) is 11.5. The number of amides is 2. The van der Waals surface area contributed by atoms with Crippen molar-refractivity contribution in [1.29, 1.82) is 0 Å². The van der Waals surface area contributed by atoms with Crippen LogP contribution in [-0.2, 0) is 4.74 Å². The summed E-state index contributed by atoms with van der Waals surface area (Å²) in [6.07, 6.45) is -0.478. The Hall–Kier alpha value is -1.46. The Kier molecular flexibility index (Phi) is 4.43. The molecule has 1 N–H and O–H groups in total. The summed E-state index contributed by atoms with van der Waals surface area (Å²) in [6.45, 7) is 8.76. The van der Waals surface area contributed by atoms with Gasteiger partial charge in [0.2, 0.25) is 0 Å². The molecule has 104 valence electrons. The van der Waals surface area contributed by atoms with Crippen LogP contribution in [0.15, 0.2) is 0 Å². The van der Waals surface area contributed by atoms with E-state index in [0.29, 0.717) is 19.6 Å². The maximum atomic E-state index is 12.0. The first-order valence-corrected chi connectivity index (χ1v) is 6.22. The van der Waals surface area contributed by atoms with E-state index in [1.165, 1.54) is 4.90 Å². The molecule has 6 nitrogen and oxygen atoms in total. The molecule has 0 aromatic carbocycles. The first kappa shape index (κ1) is 14.6. The van der Waals surface area contributed by atoms with Crippen molar-refractivity contribution in [3.05, 3.63) is 0 Å². The quantitative estimate of drug-likeness (QED) is 0.840. The molecular weight excluding hydrogens is 236 g/mol. The van der Waals surface area contributed by atoms with Gasteiger partial charge in [0, 0.05) is 19.6 Å². The lowest BCUT2D eigenvalue weighted by molar-refractivity contribution is -0.00938. The summed E-state index contributed by atoms with van der Waals surface area (Å²) in [6, 6.07) is -0.0594. The van der Waals surface area contributed by atoms with Crippen LogP contribution in [0.4, 0.5) is 9.59 Å². The molecule has 1 aliphatic rings. The van der Waals surface area contributed by atoms with Crippen molar-refractivity contribution < 1.29 is 19.4 Å².